The van der Waals surface area contributed by atoms with E-state index in [9.17, 15) is 9.90 Å². The van der Waals surface area contributed by atoms with Crippen LogP contribution in [-0.4, -0.2) is 16.7 Å². The van der Waals surface area contributed by atoms with Crippen LogP contribution in [-0.2, 0) is 16.1 Å². The molecule has 0 fully saturated rings. The second-order valence-electron chi connectivity index (χ2n) is 3.96. The molecule has 1 unspecified atom stereocenters. The van der Waals surface area contributed by atoms with Gasteiger partial charge in [-0.05, 0) is 11.6 Å². The Morgan fingerprint density at radius 1 is 1.29 bits per heavy atom. The molecule has 0 amide bonds. The molecule has 1 aromatic carbocycles. The monoisotopic (exact) mass is 230 g/mol. The Morgan fingerprint density at radius 3 is 2.65 bits per heavy atom. The molecule has 0 spiro atoms. The van der Waals surface area contributed by atoms with E-state index in [-0.39, 0.29) is 0 Å². The molecule has 1 N–H and O–H groups in total. The molecule has 0 aromatic heterocycles. The Labute approximate surface area is 100 Å². The molecule has 1 atom stereocenters. The van der Waals surface area contributed by atoms with Crippen LogP contribution in [0.3, 0.4) is 0 Å². The van der Waals surface area contributed by atoms with E-state index in [0.717, 1.165) is 5.56 Å². The maximum Gasteiger partial charge on any atom is 0.340 e. The fourth-order valence-electron chi connectivity index (χ4n) is 1.71. The van der Waals surface area contributed by atoms with E-state index >= 15 is 0 Å². The van der Waals surface area contributed by atoms with Crippen LogP contribution in [0, 0.1) is 0 Å². The van der Waals surface area contributed by atoms with Gasteiger partial charge in [-0.25, -0.2) is 4.79 Å². The van der Waals surface area contributed by atoms with Gasteiger partial charge in [-0.2, -0.15) is 0 Å². The third-order valence-electron chi connectivity index (χ3n) is 2.73. The van der Waals surface area contributed by atoms with Crippen LogP contribution in [0.25, 0.3) is 0 Å². The molecule has 17 heavy (non-hydrogen) atoms. The summed E-state index contributed by atoms with van der Waals surface area (Å²) in [5.74, 6) is -0.950. The summed E-state index contributed by atoms with van der Waals surface area (Å²) in [5.41, 5.74) is -0.249. The minimum atomic E-state index is -1.22. The number of carboxylic acids is 1. The number of allylic oxidation sites excluding steroid dienone is 2. The van der Waals surface area contributed by atoms with E-state index in [0.29, 0.717) is 13.0 Å². The van der Waals surface area contributed by atoms with Gasteiger partial charge in [-0.1, -0.05) is 48.6 Å². The maximum atomic E-state index is 11.3. The van der Waals surface area contributed by atoms with Gasteiger partial charge in [0, 0.05) is 6.42 Å². The molecule has 88 valence electrons. The van der Waals surface area contributed by atoms with E-state index in [4.69, 9.17) is 4.74 Å². The maximum absolute atomic E-state index is 11.3. The number of hydrogen-bond donors (Lipinski definition) is 1. The van der Waals surface area contributed by atoms with Crippen LogP contribution in [0.15, 0.2) is 54.6 Å². The van der Waals surface area contributed by atoms with Gasteiger partial charge in [0.05, 0.1) is 6.61 Å². The SMILES string of the molecule is O=C(O)C1(OCc2ccccc2)C=CC=CC1. The first-order valence-electron chi connectivity index (χ1n) is 5.49. The lowest BCUT2D eigenvalue weighted by Crippen LogP contribution is -2.39. The van der Waals surface area contributed by atoms with Crippen molar-refractivity contribution >= 4 is 5.97 Å². The van der Waals surface area contributed by atoms with Crippen molar-refractivity contribution in [2.24, 2.45) is 0 Å². The highest BCUT2D eigenvalue weighted by atomic mass is 16.5. The van der Waals surface area contributed by atoms with E-state index in [2.05, 4.69) is 0 Å². The summed E-state index contributed by atoms with van der Waals surface area (Å²) >= 11 is 0. The second kappa shape index (κ2) is 4.97. The minimum Gasteiger partial charge on any atom is -0.479 e. The third-order valence-corrected chi connectivity index (χ3v) is 2.73. The van der Waals surface area contributed by atoms with Gasteiger partial charge in [-0.3, -0.25) is 0 Å². The molecule has 0 radical (unpaired) electrons. The fraction of sp³-hybridized carbons (Fsp3) is 0.214. The Morgan fingerprint density at radius 2 is 2.06 bits per heavy atom. The predicted octanol–water partition coefficient (Wildman–Crippen LogP) is 2.54. The largest absolute Gasteiger partial charge is 0.479 e. The minimum absolute atomic E-state index is 0.297. The van der Waals surface area contributed by atoms with Gasteiger partial charge in [0.1, 0.15) is 0 Å². The molecule has 0 saturated heterocycles. The topological polar surface area (TPSA) is 46.5 Å². The highest BCUT2D eigenvalue weighted by Crippen LogP contribution is 2.24. The highest BCUT2D eigenvalue weighted by molar-refractivity contribution is 5.81. The number of carboxylic acid groups (broad SMARTS) is 1. The quantitative estimate of drug-likeness (QED) is 0.864. The average molecular weight is 230 g/mol. The van der Waals surface area contributed by atoms with Gasteiger partial charge in [0.2, 0.25) is 0 Å². The molecular formula is C14H14O3. The van der Waals surface area contributed by atoms with Crippen molar-refractivity contribution in [1.82, 2.24) is 0 Å². The molecule has 0 saturated carbocycles. The van der Waals surface area contributed by atoms with Crippen LogP contribution < -0.4 is 0 Å². The lowest BCUT2D eigenvalue weighted by Gasteiger charge is -2.26. The van der Waals surface area contributed by atoms with Gasteiger partial charge < -0.3 is 9.84 Å². The smallest absolute Gasteiger partial charge is 0.340 e. The van der Waals surface area contributed by atoms with Crippen LogP contribution in [0.1, 0.15) is 12.0 Å². The first kappa shape index (κ1) is 11.6. The molecule has 1 aliphatic carbocycles. The van der Waals surface area contributed by atoms with Gasteiger partial charge in [-0.15, -0.1) is 0 Å². The summed E-state index contributed by atoms with van der Waals surface area (Å²) in [6, 6.07) is 9.56. The summed E-state index contributed by atoms with van der Waals surface area (Å²) in [6.45, 7) is 0.297. The van der Waals surface area contributed by atoms with Crippen LogP contribution >= 0.6 is 0 Å². The molecule has 0 bridgehead atoms. The van der Waals surface area contributed by atoms with Crippen molar-refractivity contribution in [1.29, 1.82) is 0 Å². The molecule has 1 aromatic rings. The number of hydrogen-bond acceptors (Lipinski definition) is 2. The van der Waals surface area contributed by atoms with Gasteiger partial charge >= 0.3 is 5.97 Å². The standard InChI is InChI=1S/C14H14O3/c15-13(16)14(9-5-2-6-10-14)17-11-12-7-3-1-4-8-12/h1-9H,10-11H2,(H,15,16). The van der Waals surface area contributed by atoms with Crippen LogP contribution in [0.4, 0.5) is 0 Å². The summed E-state index contributed by atoms with van der Waals surface area (Å²) in [7, 11) is 0. The number of rotatable bonds is 4. The first-order chi connectivity index (χ1) is 8.23. The number of benzene rings is 1. The molecule has 2 rings (SSSR count). The molecule has 1 aliphatic rings. The lowest BCUT2D eigenvalue weighted by molar-refractivity contribution is -0.160. The Hall–Kier alpha value is -1.87. The summed E-state index contributed by atoms with van der Waals surface area (Å²) in [4.78, 5) is 11.3. The van der Waals surface area contributed by atoms with Crippen LogP contribution in [0.5, 0.6) is 0 Å². The van der Waals surface area contributed by atoms with Crippen molar-refractivity contribution in [3.8, 4) is 0 Å². The fourth-order valence-corrected chi connectivity index (χ4v) is 1.71. The van der Waals surface area contributed by atoms with Crippen molar-refractivity contribution in [2.45, 2.75) is 18.6 Å². The zero-order valence-electron chi connectivity index (χ0n) is 9.37. The number of aliphatic carboxylic acids is 1. The lowest BCUT2D eigenvalue weighted by atomic mass is 9.95. The zero-order chi connectivity index (χ0) is 12.1. The Kier molecular flexibility index (Phi) is 3.40. The molecule has 0 heterocycles. The van der Waals surface area contributed by atoms with Crippen molar-refractivity contribution < 1.29 is 14.6 Å². The zero-order valence-corrected chi connectivity index (χ0v) is 9.37. The van der Waals surface area contributed by atoms with E-state index < -0.39 is 11.6 Å². The van der Waals surface area contributed by atoms with Gasteiger partial charge in [0.15, 0.2) is 5.60 Å². The van der Waals surface area contributed by atoms with Crippen molar-refractivity contribution in [3.05, 3.63) is 60.2 Å². The van der Waals surface area contributed by atoms with E-state index in [1.807, 2.05) is 36.4 Å². The third kappa shape index (κ3) is 2.63. The predicted molar refractivity (Wildman–Crippen MR) is 64.5 cm³/mol. The highest BCUT2D eigenvalue weighted by Gasteiger charge is 2.36. The summed E-state index contributed by atoms with van der Waals surface area (Å²) in [6.07, 6.45) is 7.30. The van der Waals surface area contributed by atoms with Gasteiger partial charge in [0.25, 0.3) is 0 Å². The first-order valence-corrected chi connectivity index (χ1v) is 5.49. The van der Waals surface area contributed by atoms with Crippen molar-refractivity contribution in [2.75, 3.05) is 0 Å². The Bertz CT molecular complexity index is 448. The second-order valence-corrected chi connectivity index (χ2v) is 3.96. The normalized spacial score (nSPS) is 22.6. The summed E-state index contributed by atoms with van der Waals surface area (Å²) in [5, 5.41) is 9.26. The van der Waals surface area contributed by atoms with Crippen molar-refractivity contribution in [3.63, 3.8) is 0 Å². The van der Waals surface area contributed by atoms with E-state index in [1.165, 1.54) is 0 Å². The molecule has 0 aliphatic heterocycles. The number of ether oxygens (including phenoxy) is 1. The average Bonchev–Trinajstić information content (AvgIpc) is 2.38. The van der Waals surface area contributed by atoms with E-state index in [1.54, 1.807) is 18.2 Å². The van der Waals surface area contributed by atoms with Crippen LogP contribution in [0.2, 0.25) is 0 Å². The Balaban J connectivity index is 2.07. The number of carbonyl (C=O) groups is 1. The molecular weight excluding hydrogens is 216 g/mol. The molecule has 3 nitrogen and oxygen atoms in total. The summed E-state index contributed by atoms with van der Waals surface area (Å²) < 4.78 is 5.58. The molecule has 3 heteroatoms.